The highest BCUT2D eigenvalue weighted by Gasteiger charge is 2.26. The Labute approximate surface area is 81.4 Å². The Balaban J connectivity index is 3.18. The lowest BCUT2D eigenvalue weighted by atomic mass is 10.2. The van der Waals surface area contributed by atoms with Crippen LogP contribution in [0.3, 0.4) is 0 Å². The Hall–Kier alpha value is -0.580. The van der Waals surface area contributed by atoms with Gasteiger partial charge in [-0.2, -0.15) is 13.2 Å². The van der Waals surface area contributed by atoms with Gasteiger partial charge in [0.2, 0.25) is 0 Å². The van der Waals surface area contributed by atoms with Crippen LogP contribution in [0.4, 0.5) is 13.2 Å². The van der Waals surface area contributed by atoms with Crippen molar-refractivity contribution in [3.8, 4) is 0 Å². The van der Waals surface area contributed by atoms with Crippen molar-refractivity contribution in [3.63, 3.8) is 0 Å². The van der Waals surface area contributed by atoms with Gasteiger partial charge >= 0.3 is 6.18 Å². The molecule has 0 aromatic heterocycles. The van der Waals surface area contributed by atoms with E-state index in [-0.39, 0.29) is 19.0 Å². The van der Waals surface area contributed by atoms with Gasteiger partial charge < -0.3 is 4.74 Å². The van der Waals surface area contributed by atoms with Crippen molar-refractivity contribution in [3.05, 3.63) is 0 Å². The maximum Gasteiger partial charge on any atom is 0.391 e. The van der Waals surface area contributed by atoms with Crippen LogP contribution in [-0.4, -0.2) is 25.2 Å². The lowest BCUT2D eigenvalue weighted by Crippen LogP contribution is -2.12. The summed E-state index contributed by atoms with van der Waals surface area (Å²) in [4.78, 5) is 10.8. The highest BCUT2D eigenvalue weighted by Crippen LogP contribution is 2.18. The predicted octanol–water partition coefficient (Wildman–Crippen LogP) is 2.71. The topological polar surface area (TPSA) is 26.3 Å². The highest BCUT2D eigenvalue weighted by atomic mass is 19.4. The molecule has 14 heavy (non-hydrogen) atoms. The lowest BCUT2D eigenvalue weighted by molar-refractivity contribution is -0.145. The standard InChI is InChI=1S/C9H15F3O2/c1-2-8(13)4-3-6-14-7-5-9(10,11)12/h2-7H2,1H3. The van der Waals surface area contributed by atoms with Crippen LogP contribution < -0.4 is 0 Å². The quantitative estimate of drug-likeness (QED) is 0.606. The second-order valence-corrected chi connectivity index (χ2v) is 2.97. The minimum absolute atomic E-state index is 0.115. The van der Waals surface area contributed by atoms with E-state index >= 15 is 0 Å². The van der Waals surface area contributed by atoms with E-state index in [1.807, 2.05) is 0 Å². The molecule has 0 saturated carbocycles. The van der Waals surface area contributed by atoms with E-state index in [4.69, 9.17) is 4.74 Å². The van der Waals surface area contributed by atoms with Crippen LogP contribution in [0.25, 0.3) is 0 Å². The zero-order valence-electron chi connectivity index (χ0n) is 8.19. The number of rotatable bonds is 7. The smallest absolute Gasteiger partial charge is 0.381 e. The first kappa shape index (κ1) is 13.4. The Kier molecular flexibility index (Phi) is 6.53. The fraction of sp³-hybridized carbons (Fsp3) is 0.889. The number of halogens is 3. The Morgan fingerprint density at radius 3 is 2.43 bits per heavy atom. The molecule has 0 N–H and O–H groups in total. The number of hydrogen-bond donors (Lipinski definition) is 0. The molecule has 0 atom stereocenters. The first-order valence-corrected chi connectivity index (χ1v) is 4.62. The molecule has 0 aliphatic heterocycles. The highest BCUT2D eigenvalue weighted by molar-refractivity contribution is 5.77. The molecule has 0 unspecified atom stereocenters. The summed E-state index contributed by atoms with van der Waals surface area (Å²) in [5.41, 5.74) is 0. The molecule has 0 saturated heterocycles. The molecule has 0 bridgehead atoms. The Morgan fingerprint density at radius 1 is 1.29 bits per heavy atom. The van der Waals surface area contributed by atoms with E-state index in [0.717, 1.165) is 0 Å². The number of alkyl halides is 3. The van der Waals surface area contributed by atoms with Gasteiger partial charge in [0.25, 0.3) is 0 Å². The van der Waals surface area contributed by atoms with Crippen LogP contribution in [0, 0.1) is 0 Å². The second-order valence-electron chi connectivity index (χ2n) is 2.97. The minimum atomic E-state index is -4.15. The number of ketones is 1. The zero-order chi connectivity index (χ0) is 11.0. The molecule has 0 rings (SSSR count). The number of ether oxygens (including phenoxy) is 1. The van der Waals surface area contributed by atoms with Gasteiger partial charge in [-0.05, 0) is 6.42 Å². The molecule has 5 heteroatoms. The van der Waals surface area contributed by atoms with Crippen LogP contribution >= 0.6 is 0 Å². The van der Waals surface area contributed by atoms with Crippen molar-refractivity contribution in [2.75, 3.05) is 13.2 Å². The number of carbonyl (C=O) groups excluding carboxylic acids is 1. The maximum atomic E-state index is 11.6. The van der Waals surface area contributed by atoms with Crippen molar-refractivity contribution in [1.82, 2.24) is 0 Å². The lowest BCUT2D eigenvalue weighted by Gasteiger charge is -2.06. The molecule has 0 radical (unpaired) electrons. The van der Waals surface area contributed by atoms with Crippen molar-refractivity contribution >= 4 is 5.78 Å². The van der Waals surface area contributed by atoms with Crippen molar-refractivity contribution in [2.45, 2.75) is 38.8 Å². The van der Waals surface area contributed by atoms with E-state index in [0.29, 0.717) is 19.3 Å². The molecule has 0 fully saturated rings. The van der Waals surface area contributed by atoms with Gasteiger partial charge in [0.1, 0.15) is 5.78 Å². The molecule has 84 valence electrons. The van der Waals surface area contributed by atoms with Gasteiger partial charge in [0.15, 0.2) is 0 Å². The predicted molar refractivity (Wildman–Crippen MR) is 46.0 cm³/mol. The third-order valence-corrected chi connectivity index (χ3v) is 1.67. The Bertz CT molecular complexity index is 166. The molecule has 0 spiro atoms. The van der Waals surface area contributed by atoms with E-state index < -0.39 is 12.6 Å². The minimum Gasteiger partial charge on any atom is -0.381 e. The number of hydrogen-bond acceptors (Lipinski definition) is 2. The van der Waals surface area contributed by atoms with E-state index in [1.54, 1.807) is 6.92 Å². The van der Waals surface area contributed by atoms with E-state index in [9.17, 15) is 18.0 Å². The van der Waals surface area contributed by atoms with Gasteiger partial charge in [0.05, 0.1) is 13.0 Å². The third-order valence-electron chi connectivity index (χ3n) is 1.67. The van der Waals surface area contributed by atoms with Crippen molar-refractivity contribution in [1.29, 1.82) is 0 Å². The summed E-state index contributed by atoms with van der Waals surface area (Å²) in [6.45, 7) is 1.67. The molecular formula is C9H15F3O2. The summed E-state index contributed by atoms with van der Waals surface area (Å²) in [7, 11) is 0. The van der Waals surface area contributed by atoms with Crippen LogP contribution in [0.2, 0.25) is 0 Å². The van der Waals surface area contributed by atoms with Gasteiger partial charge in [-0.15, -0.1) is 0 Å². The summed E-state index contributed by atoms with van der Waals surface area (Å²) in [6, 6.07) is 0. The largest absolute Gasteiger partial charge is 0.391 e. The van der Waals surface area contributed by atoms with Crippen LogP contribution in [0.1, 0.15) is 32.6 Å². The molecule has 0 aliphatic carbocycles. The molecule has 0 amide bonds. The summed E-state index contributed by atoms with van der Waals surface area (Å²) in [5, 5.41) is 0. The average Bonchev–Trinajstić information content (AvgIpc) is 2.08. The first-order valence-electron chi connectivity index (χ1n) is 4.62. The SMILES string of the molecule is CCC(=O)CCCOCCC(F)(F)F. The van der Waals surface area contributed by atoms with Gasteiger partial charge in [0, 0.05) is 19.4 Å². The molecule has 2 nitrogen and oxygen atoms in total. The normalized spacial score (nSPS) is 11.7. The number of Topliss-reactive ketones (excluding diaryl/α,β-unsaturated/α-hetero) is 1. The van der Waals surface area contributed by atoms with Crippen molar-refractivity contribution in [2.24, 2.45) is 0 Å². The van der Waals surface area contributed by atoms with Gasteiger partial charge in [-0.25, -0.2) is 0 Å². The molecule has 0 aliphatic rings. The van der Waals surface area contributed by atoms with Crippen LogP contribution in [0.5, 0.6) is 0 Å². The zero-order valence-corrected chi connectivity index (χ0v) is 8.19. The molecular weight excluding hydrogens is 197 g/mol. The molecule has 0 aromatic carbocycles. The third kappa shape index (κ3) is 9.51. The first-order chi connectivity index (χ1) is 6.45. The summed E-state index contributed by atoms with van der Waals surface area (Å²) >= 11 is 0. The number of carbonyl (C=O) groups is 1. The molecule has 0 heterocycles. The van der Waals surface area contributed by atoms with Crippen LogP contribution in [-0.2, 0) is 9.53 Å². The summed E-state index contributed by atoms with van der Waals surface area (Å²) in [6.07, 6.45) is -3.70. The second kappa shape index (κ2) is 6.81. The van der Waals surface area contributed by atoms with E-state index in [2.05, 4.69) is 0 Å². The average molecular weight is 212 g/mol. The van der Waals surface area contributed by atoms with Crippen LogP contribution in [0.15, 0.2) is 0 Å². The van der Waals surface area contributed by atoms with E-state index in [1.165, 1.54) is 0 Å². The molecule has 0 aromatic rings. The van der Waals surface area contributed by atoms with Gasteiger partial charge in [-0.3, -0.25) is 4.79 Å². The summed E-state index contributed by atoms with van der Waals surface area (Å²) < 4.78 is 39.6. The fourth-order valence-electron chi connectivity index (χ4n) is 0.838. The fourth-order valence-corrected chi connectivity index (χ4v) is 0.838. The maximum absolute atomic E-state index is 11.6. The van der Waals surface area contributed by atoms with Gasteiger partial charge in [-0.1, -0.05) is 6.92 Å². The Morgan fingerprint density at radius 2 is 1.93 bits per heavy atom. The summed E-state index contributed by atoms with van der Waals surface area (Å²) in [5.74, 6) is 0.115. The monoisotopic (exact) mass is 212 g/mol. The van der Waals surface area contributed by atoms with Crippen molar-refractivity contribution < 1.29 is 22.7 Å².